The van der Waals surface area contributed by atoms with Crippen LogP contribution in [0.4, 0.5) is 4.39 Å². The third-order valence-electron chi connectivity index (χ3n) is 3.29. The van der Waals surface area contributed by atoms with Crippen molar-refractivity contribution in [1.82, 2.24) is 4.90 Å². The van der Waals surface area contributed by atoms with Crippen LogP contribution in [0.15, 0.2) is 24.3 Å². The number of carboxylic acid groups (broad SMARTS) is 1. The minimum absolute atomic E-state index is 0.0624. The molecule has 0 spiro atoms. The molecule has 0 aromatic heterocycles. The lowest BCUT2D eigenvalue weighted by Gasteiger charge is -2.20. The molecule has 2 N–H and O–H groups in total. The Morgan fingerprint density at radius 3 is 2.62 bits per heavy atom. The summed E-state index contributed by atoms with van der Waals surface area (Å²) in [6.45, 7) is 0.0624. The SMILES string of the molecule is O=C(O)[C@H]1C[C@@H](O)CN1C(=O)CSCc1ccc(F)cc1. The highest BCUT2D eigenvalue weighted by molar-refractivity contribution is 7.99. The predicted molar refractivity (Wildman–Crippen MR) is 76.3 cm³/mol. The van der Waals surface area contributed by atoms with Crippen molar-refractivity contribution in [3.05, 3.63) is 35.6 Å². The third-order valence-corrected chi connectivity index (χ3v) is 4.28. The molecule has 1 heterocycles. The third kappa shape index (κ3) is 4.18. The van der Waals surface area contributed by atoms with E-state index in [4.69, 9.17) is 5.11 Å². The summed E-state index contributed by atoms with van der Waals surface area (Å²) in [5.74, 6) is -1.03. The van der Waals surface area contributed by atoms with Crippen LogP contribution in [0.25, 0.3) is 0 Å². The van der Waals surface area contributed by atoms with Crippen LogP contribution < -0.4 is 0 Å². The van der Waals surface area contributed by atoms with Gasteiger partial charge < -0.3 is 15.1 Å². The Bertz CT molecular complexity index is 522. The molecule has 21 heavy (non-hydrogen) atoms. The maximum atomic E-state index is 12.7. The number of hydrogen-bond acceptors (Lipinski definition) is 4. The zero-order valence-corrected chi connectivity index (χ0v) is 12.1. The average molecular weight is 313 g/mol. The number of rotatable bonds is 5. The van der Waals surface area contributed by atoms with E-state index in [1.54, 1.807) is 12.1 Å². The second kappa shape index (κ2) is 6.91. The van der Waals surface area contributed by atoms with E-state index in [1.807, 2.05) is 0 Å². The first-order chi connectivity index (χ1) is 9.97. The van der Waals surface area contributed by atoms with Gasteiger partial charge in [0.15, 0.2) is 0 Å². The van der Waals surface area contributed by atoms with Crippen molar-refractivity contribution in [3.8, 4) is 0 Å². The predicted octanol–water partition coefficient (Wildman–Crippen LogP) is 1.11. The van der Waals surface area contributed by atoms with Crippen LogP contribution >= 0.6 is 11.8 Å². The number of benzene rings is 1. The summed E-state index contributed by atoms with van der Waals surface area (Å²) >= 11 is 1.33. The van der Waals surface area contributed by atoms with Crippen LogP contribution in [0.2, 0.25) is 0 Å². The van der Waals surface area contributed by atoms with Crippen LogP contribution in [-0.2, 0) is 15.3 Å². The van der Waals surface area contributed by atoms with Crippen molar-refractivity contribution in [1.29, 1.82) is 0 Å². The van der Waals surface area contributed by atoms with Crippen molar-refractivity contribution >= 4 is 23.6 Å². The Hall–Kier alpha value is -1.60. The number of hydrogen-bond donors (Lipinski definition) is 2. The fraction of sp³-hybridized carbons (Fsp3) is 0.429. The van der Waals surface area contributed by atoms with Gasteiger partial charge in [0.25, 0.3) is 0 Å². The number of carbonyl (C=O) groups is 2. The molecule has 1 aliphatic rings. The fourth-order valence-electron chi connectivity index (χ4n) is 2.24. The van der Waals surface area contributed by atoms with E-state index in [1.165, 1.54) is 28.8 Å². The van der Waals surface area contributed by atoms with Crippen molar-refractivity contribution in [2.45, 2.75) is 24.3 Å². The number of likely N-dealkylation sites (tertiary alicyclic amines) is 1. The first-order valence-corrected chi connectivity index (χ1v) is 7.65. The van der Waals surface area contributed by atoms with E-state index in [9.17, 15) is 19.1 Å². The molecule has 1 fully saturated rings. The summed E-state index contributed by atoms with van der Waals surface area (Å²) in [4.78, 5) is 24.3. The molecule has 114 valence electrons. The van der Waals surface area contributed by atoms with Crippen LogP contribution in [0.3, 0.4) is 0 Å². The molecule has 1 aliphatic heterocycles. The Balaban J connectivity index is 1.84. The molecule has 2 atom stereocenters. The lowest BCUT2D eigenvalue weighted by molar-refractivity contribution is -0.147. The van der Waals surface area contributed by atoms with Crippen LogP contribution in [0, 0.1) is 5.82 Å². The monoisotopic (exact) mass is 313 g/mol. The first-order valence-electron chi connectivity index (χ1n) is 6.50. The minimum atomic E-state index is -1.09. The zero-order chi connectivity index (χ0) is 15.4. The van der Waals surface area contributed by atoms with Crippen molar-refractivity contribution in [2.75, 3.05) is 12.3 Å². The van der Waals surface area contributed by atoms with Crippen LogP contribution in [-0.4, -0.2) is 51.4 Å². The van der Waals surface area contributed by atoms with E-state index >= 15 is 0 Å². The van der Waals surface area contributed by atoms with Gasteiger partial charge in [-0.1, -0.05) is 12.1 Å². The highest BCUT2D eigenvalue weighted by Gasteiger charge is 2.38. The van der Waals surface area contributed by atoms with Gasteiger partial charge in [-0.15, -0.1) is 11.8 Å². The summed E-state index contributed by atoms with van der Waals surface area (Å²) in [6.07, 6.45) is -0.707. The van der Waals surface area contributed by atoms with Gasteiger partial charge in [0.05, 0.1) is 11.9 Å². The number of aliphatic hydroxyl groups excluding tert-OH is 1. The van der Waals surface area contributed by atoms with E-state index in [0.717, 1.165) is 5.56 Å². The average Bonchev–Trinajstić information content (AvgIpc) is 2.83. The summed E-state index contributed by atoms with van der Waals surface area (Å²) < 4.78 is 12.7. The molecular formula is C14H16FNO4S. The highest BCUT2D eigenvalue weighted by Crippen LogP contribution is 2.20. The molecule has 1 aromatic carbocycles. The lowest BCUT2D eigenvalue weighted by Crippen LogP contribution is -2.41. The molecule has 1 amide bonds. The standard InChI is InChI=1S/C14H16FNO4S/c15-10-3-1-9(2-4-10)7-21-8-13(18)16-6-11(17)5-12(16)14(19)20/h1-4,11-12,17H,5-8H2,(H,19,20)/t11-,12-/m1/s1. The molecule has 1 aromatic rings. The maximum absolute atomic E-state index is 12.7. The van der Waals surface area contributed by atoms with E-state index in [-0.39, 0.29) is 30.4 Å². The van der Waals surface area contributed by atoms with Gasteiger partial charge in [0, 0.05) is 18.7 Å². The number of halogens is 1. The molecule has 7 heteroatoms. The molecule has 0 aliphatic carbocycles. The summed E-state index contributed by atoms with van der Waals surface area (Å²) in [6, 6.07) is 5.06. The summed E-state index contributed by atoms with van der Waals surface area (Å²) in [7, 11) is 0. The van der Waals surface area contributed by atoms with E-state index in [2.05, 4.69) is 0 Å². The Kier molecular flexibility index (Phi) is 5.19. The minimum Gasteiger partial charge on any atom is -0.480 e. The van der Waals surface area contributed by atoms with Gasteiger partial charge in [0.2, 0.25) is 5.91 Å². The largest absolute Gasteiger partial charge is 0.480 e. The second-order valence-electron chi connectivity index (χ2n) is 4.91. The number of carboxylic acids is 1. The first kappa shape index (κ1) is 15.8. The number of thioether (sulfide) groups is 1. The molecule has 5 nitrogen and oxygen atoms in total. The molecule has 2 rings (SSSR count). The van der Waals surface area contributed by atoms with Gasteiger partial charge in [-0.25, -0.2) is 9.18 Å². The highest BCUT2D eigenvalue weighted by atomic mass is 32.2. The molecule has 0 radical (unpaired) electrons. The zero-order valence-electron chi connectivity index (χ0n) is 11.2. The topological polar surface area (TPSA) is 77.8 Å². The number of β-amino-alcohol motifs (C(OH)–C–C–N with tert-alkyl or cyclic N) is 1. The Morgan fingerprint density at radius 2 is 2.00 bits per heavy atom. The number of carbonyl (C=O) groups excluding carboxylic acids is 1. The molecule has 1 saturated heterocycles. The van der Waals surface area contributed by atoms with E-state index in [0.29, 0.717) is 5.75 Å². The number of aliphatic carboxylic acids is 1. The van der Waals surface area contributed by atoms with Gasteiger partial charge in [-0.2, -0.15) is 0 Å². The van der Waals surface area contributed by atoms with Crippen molar-refractivity contribution in [3.63, 3.8) is 0 Å². The molecular weight excluding hydrogens is 297 g/mol. The molecule has 0 saturated carbocycles. The van der Waals surface area contributed by atoms with Gasteiger partial charge in [-0.3, -0.25) is 4.79 Å². The van der Waals surface area contributed by atoms with Gasteiger partial charge in [-0.05, 0) is 17.7 Å². The van der Waals surface area contributed by atoms with Crippen molar-refractivity contribution < 1.29 is 24.2 Å². The van der Waals surface area contributed by atoms with Gasteiger partial charge in [0.1, 0.15) is 11.9 Å². The molecule has 0 unspecified atom stereocenters. The normalized spacial score (nSPS) is 21.5. The summed E-state index contributed by atoms with van der Waals surface area (Å²) in [5, 5.41) is 18.5. The Morgan fingerprint density at radius 1 is 1.33 bits per heavy atom. The van der Waals surface area contributed by atoms with Crippen LogP contribution in [0.1, 0.15) is 12.0 Å². The Labute approximate surface area is 125 Å². The smallest absolute Gasteiger partial charge is 0.326 e. The summed E-state index contributed by atoms with van der Waals surface area (Å²) in [5.41, 5.74) is 0.894. The quantitative estimate of drug-likeness (QED) is 0.851. The fourth-order valence-corrected chi connectivity index (χ4v) is 3.11. The second-order valence-corrected chi connectivity index (χ2v) is 5.89. The number of nitrogens with zero attached hydrogens (tertiary/aromatic N) is 1. The van der Waals surface area contributed by atoms with Crippen LogP contribution in [0.5, 0.6) is 0 Å². The van der Waals surface area contributed by atoms with Crippen molar-refractivity contribution in [2.24, 2.45) is 0 Å². The number of amides is 1. The van der Waals surface area contributed by atoms with Gasteiger partial charge >= 0.3 is 5.97 Å². The van der Waals surface area contributed by atoms with E-state index < -0.39 is 18.1 Å². The lowest BCUT2D eigenvalue weighted by atomic mass is 10.2. The maximum Gasteiger partial charge on any atom is 0.326 e. The number of aliphatic hydroxyl groups is 1. The molecule has 0 bridgehead atoms.